The van der Waals surface area contributed by atoms with Crippen molar-refractivity contribution in [1.29, 1.82) is 0 Å². The molecule has 5 rings (SSSR count). The zero-order valence-corrected chi connectivity index (χ0v) is 32.5. The van der Waals surface area contributed by atoms with Crippen molar-refractivity contribution in [2.45, 2.75) is 76.0 Å². The molecule has 5 aromatic rings. The quantitative estimate of drug-likeness (QED) is 0.170. The standard InChI is InChI=1S/C42H42N2O4S3/c1-29-9-21-37(22-10-29)50(45,46)43-39-25-15-33(41(3,4)5)27-31(39)13-17-35-19-20-36(49-35)18-14-32-28-34(42(6,7)8)16-26-40(32)44-51(47,48)38-23-11-30(2)12-24-38/h9-12,15-16,19-28,43-44H,1-8H3. The molecule has 6 nitrogen and oxygen atoms in total. The summed E-state index contributed by atoms with van der Waals surface area (Å²) in [6.07, 6.45) is 0. The van der Waals surface area contributed by atoms with Gasteiger partial charge in [0.25, 0.3) is 20.0 Å². The van der Waals surface area contributed by atoms with E-state index < -0.39 is 20.0 Å². The van der Waals surface area contributed by atoms with Crippen LogP contribution in [0.3, 0.4) is 0 Å². The minimum atomic E-state index is -3.83. The number of aryl methyl sites for hydroxylation is 2. The van der Waals surface area contributed by atoms with E-state index in [0.717, 1.165) is 32.0 Å². The molecule has 0 spiro atoms. The van der Waals surface area contributed by atoms with Gasteiger partial charge in [-0.1, -0.05) is 113 Å². The number of rotatable bonds is 6. The zero-order valence-electron chi connectivity index (χ0n) is 30.1. The molecule has 0 aliphatic rings. The van der Waals surface area contributed by atoms with Crippen LogP contribution in [0.2, 0.25) is 0 Å². The molecule has 1 heterocycles. The van der Waals surface area contributed by atoms with Crippen LogP contribution in [0.25, 0.3) is 0 Å². The first-order chi connectivity index (χ1) is 23.8. The number of hydrogen-bond acceptors (Lipinski definition) is 5. The van der Waals surface area contributed by atoms with Gasteiger partial charge in [-0.25, -0.2) is 16.8 Å². The van der Waals surface area contributed by atoms with E-state index in [1.165, 1.54) is 11.3 Å². The van der Waals surface area contributed by atoms with Crippen molar-refractivity contribution < 1.29 is 16.8 Å². The number of hydrogen-bond donors (Lipinski definition) is 2. The predicted molar refractivity (Wildman–Crippen MR) is 211 cm³/mol. The van der Waals surface area contributed by atoms with Crippen molar-refractivity contribution in [1.82, 2.24) is 0 Å². The highest BCUT2D eigenvalue weighted by Crippen LogP contribution is 2.30. The topological polar surface area (TPSA) is 92.3 Å². The van der Waals surface area contributed by atoms with Crippen molar-refractivity contribution in [2.24, 2.45) is 0 Å². The minimum absolute atomic E-state index is 0.173. The van der Waals surface area contributed by atoms with Crippen LogP contribution in [0.15, 0.2) is 107 Å². The smallest absolute Gasteiger partial charge is 0.261 e. The summed E-state index contributed by atoms with van der Waals surface area (Å²) in [5.74, 6) is 12.8. The molecule has 2 N–H and O–H groups in total. The number of benzene rings is 4. The average Bonchev–Trinajstić information content (AvgIpc) is 3.50. The molecule has 262 valence electrons. The van der Waals surface area contributed by atoms with Gasteiger partial charge >= 0.3 is 0 Å². The lowest BCUT2D eigenvalue weighted by Gasteiger charge is -2.20. The highest BCUT2D eigenvalue weighted by Gasteiger charge is 2.21. The molecule has 9 heteroatoms. The van der Waals surface area contributed by atoms with Gasteiger partial charge in [-0.05, 0) is 96.5 Å². The third kappa shape index (κ3) is 9.51. The Morgan fingerprint density at radius 2 is 0.843 bits per heavy atom. The van der Waals surface area contributed by atoms with E-state index in [-0.39, 0.29) is 20.6 Å². The summed E-state index contributed by atoms with van der Waals surface area (Å²) in [6, 6.07) is 28.4. The van der Waals surface area contributed by atoms with Gasteiger partial charge in [-0.2, -0.15) is 0 Å². The normalized spacial score (nSPS) is 11.9. The van der Waals surface area contributed by atoms with Crippen molar-refractivity contribution in [2.75, 3.05) is 9.44 Å². The molecule has 4 aromatic carbocycles. The van der Waals surface area contributed by atoms with Gasteiger partial charge in [-0.3, -0.25) is 9.44 Å². The average molecular weight is 735 g/mol. The third-order valence-electron chi connectivity index (χ3n) is 8.17. The Bertz CT molecular complexity index is 2250. The Kier molecular flexibility index (Phi) is 10.6. The fourth-order valence-electron chi connectivity index (χ4n) is 4.98. The molecule has 0 atom stereocenters. The Morgan fingerprint density at radius 3 is 1.18 bits per heavy atom. The van der Waals surface area contributed by atoms with Gasteiger partial charge < -0.3 is 0 Å². The van der Waals surface area contributed by atoms with Gasteiger partial charge in [0, 0.05) is 11.1 Å². The monoisotopic (exact) mass is 734 g/mol. The summed E-state index contributed by atoms with van der Waals surface area (Å²) in [6.45, 7) is 16.4. The van der Waals surface area contributed by atoms with Crippen LogP contribution in [0.1, 0.15) is 84.7 Å². The first kappa shape index (κ1) is 37.5. The molecular weight excluding hydrogens is 693 g/mol. The van der Waals surface area contributed by atoms with Crippen molar-refractivity contribution in [3.63, 3.8) is 0 Å². The minimum Gasteiger partial charge on any atom is -0.278 e. The Morgan fingerprint density at radius 1 is 0.490 bits per heavy atom. The van der Waals surface area contributed by atoms with E-state index in [0.29, 0.717) is 22.5 Å². The van der Waals surface area contributed by atoms with E-state index in [9.17, 15) is 16.8 Å². The van der Waals surface area contributed by atoms with E-state index in [1.54, 1.807) is 60.7 Å². The second-order valence-corrected chi connectivity index (χ2v) is 19.0. The summed E-state index contributed by atoms with van der Waals surface area (Å²) < 4.78 is 58.5. The molecule has 0 saturated heterocycles. The largest absolute Gasteiger partial charge is 0.278 e. The second kappa shape index (κ2) is 14.4. The second-order valence-electron chi connectivity index (χ2n) is 14.5. The fourth-order valence-corrected chi connectivity index (χ4v) is 7.85. The molecule has 0 unspecified atom stereocenters. The van der Waals surface area contributed by atoms with E-state index >= 15 is 0 Å². The first-order valence-electron chi connectivity index (χ1n) is 16.4. The summed E-state index contributed by atoms with van der Waals surface area (Å²) in [5.41, 5.74) is 5.55. The predicted octanol–water partition coefficient (Wildman–Crippen LogP) is 9.36. The summed E-state index contributed by atoms with van der Waals surface area (Å²) >= 11 is 1.40. The highest BCUT2D eigenvalue weighted by molar-refractivity contribution is 7.93. The van der Waals surface area contributed by atoms with Crippen LogP contribution in [-0.2, 0) is 30.9 Å². The van der Waals surface area contributed by atoms with Crippen LogP contribution in [0.4, 0.5) is 11.4 Å². The number of sulfonamides is 2. The molecule has 1 aromatic heterocycles. The molecule has 0 fully saturated rings. The molecule has 0 aliphatic heterocycles. The molecule has 51 heavy (non-hydrogen) atoms. The Labute approximate surface area is 307 Å². The van der Waals surface area contributed by atoms with E-state index in [4.69, 9.17) is 0 Å². The van der Waals surface area contributed by atoms with E-state index in [1.807, 2.05) is 50.2 Å². The molecule has 0 radical (unpaired) electrons. The number of anilines is 2. The lowest BCUT2D eigenvalue weighted by atomic mass is 9.86. The van der Waals surface area contributed by atoms with Crippen LogP contribution in [0, 0.1) is 37.5 Å². The van der Waals surface area contributed by atoms with Gasteiger partial charge in [0.1, 0.15) is 0 Å². The highest BCUT2D eigenvalue weighted by atomic mass is 32.2. The molecule has 0 saturated carbocycles. The lowest BCUT2D eigenvalue weighted by molar-refractivity contribution is 0.590. The third-order valence-corrected chi connectivity index (χ3v) is 11.8. The maximum atomic E-state index is 13.3. The number of thiophene rings is 1. The molecule has 0 aliphatic carbocycles. The van der Waals surface area contributed by atoms with Crippen molar-refractivity contribution in [3.8, 4) is 23.7 Å². The summed E-state index contributed by atoms with van der Waals surface area (Å²) in [4.78, 5) is 1.84. The van der Waals surface area contributed by atoms with Crippen molar-refractivity contribution >= 4 is 42.8 Å². The first-order valence-corrected chi connectivity index (χ1v) is 20.2. The number of nitrogens with one attached hydrogen (secondary N) is 2. The summed E-state index contributed by atoms with van der Waals surface area (Å²) in [5, 5.41) is 0. The Hall–Kier alpha value is -4.80. The van der Waals surface area contributed by atoms with Crippen molar-refractivity contribution in [3.05, 3.63) is 140 Å². The van der Waals surface area contributed by atoms with Crippen LogP contribution < -0.4 is 9.44 Å². The van der Waals surface area contributed by atoms with Gasteiger partial charge in [-0.15, -0.1) is 11.3 Å². The molecule has 0 bridgehead atoms. The van der Waals surface area contributed by atoms with Gasteiger partial charge in [0.2, 0.25) is 0 Å². The van der Waals surface area contributed by atoms with Crippen LogP contribution in [-0.4, -0.2) is 16.8 Å². The maximum Gasteiger partial charge on any atom is 0.261 e. The molecular formula is C42H42N2O4S3. The van der Waals surface area contributed by atoms with Crippen LogP contribution in [0.5, 0.6) is 0 Å². The van der Waals surface area contributed by atoms with Gasteiger partial charge in [0.15, 0.2) is 0 Å². The lowest BCUT2D eigenvalue weighted by Crippen LogP contribution is -2.15. The fraction of sp³-hybridized carbons (Fsp3) is 0.238. The SMILES string of the molecule is Cc1ccc(S(=O)(=O)Nc2ccc(C(C)(C)C)cc2C#Cc2ccc(C#Cc3cc(C(C)(C)C)ccc3NS(=O)(=O)c3ccc(C)cc3)s2)cc1. The van der Waals surface area contributed by atoms with Gasteiger partial charge in [0.05, 0.1) is 30.9 Å². The maximum absolute atomic E-state index is 13.3. The molecule has 0 amide bonds. The zero-order chi connectivity index (χ0) is 37.2. The van der Waals surface area contributed by atoms with E-state index in [2.05, 4.69) is 74.7 Å². The Balaban J connectivity index is 1.47. The summed E-state index contributed by atoms with van der Waals surface area (Å²) in [7, 11) is -7.67. The van der Waals surface area contributed by atoms with Crippen LogP contribution >= 0.6 is 11.3 Å².